The number of aromatic carboxylic acids is 1. The molecular formula is C9H12N2O2. The molecule has 0 aliphatic carbocycles. The van der Waals surface area contributed by atoms with E-state index in [0.717, 1.165) is 12.2 Å². The molecule has 0 saturated carbocycles. The number of anilines is 1. The second-order valence-corrected chi connectivity index (χ2v) is 2.54. The molecule has 1 aromatic rings. The molecule has 0 amide bonds. The topological polar surface area (TPSA) is 61.4 Å². The molecule has 0 aliphatic rings. The number of benzene rings is 1. The number of carboxylic acid groups (broad SMARTS) is 1. The van der Waals surface area contributed by atoms with Crippen LogP contribution >= 0.6 is 0 Å². The van der Waals surface area contributed by atoms with E-state index in [2.05, 4.69) is 10.9 Å². The van der Waals surface area contributed by atoms with Crippen molar-refractivity contribution in [3.8, 4) is 0 Å². The van der Waals surface area contributed by atoms with Crippen molar-refractivity contribution >= 4 is 11.7 Å². The van der Waals surface area contributed by atoms with Gasteiger partial charge in [-0.1, -0.05) is 6.92 Å². The summed E-state index contributed by atoms with van der Waals surface area (Å²) in [6.45, 7) is 2.78. The van der Waals surface area contributed by atoms with Gasteiger partial charge in [0.2, 0.25) is 0 Å². The van der Waals surface area contributed by atoms with E-state index in [9.17, 15) is 4.79 Å². The Morgan fingerprint density at radius 3 is 2.46 bits per heavy atom. The van der Waals surface area contributed by atoms with Crippen molar-refractivity contribution in [1.82, 2.24) is 5.43 Å². The molecule has 0 fully saturated rings. The molecule has 0 unspecified atom stereocenters. The van der Waals surface area contributed by atoms with Crippen molar-refractivity contribution in [3.63, 3.8) is 0 Å². The Morgan fingerprint density at radius 1 is 1.38 bits per heavy atom. The smallest absolute Gasteiger partial charge is 0.335 e. The second kappa shape index (κ2) is 4.47. The maximum Gasteiger partial charge on any atom is 0.335 e. The quantitative estimate of drug-likeness (QED) is 0.611. The predicted octanol–water partition coefficient (Wildman–Crippen LogP) is 1.32. The molecule has 0 heterocycles. The molecule has 3 N–H and O–H groups in total. The number of nitrogens with one attached hydrogen (secondary N) is 2. The van der Waals surface area contributed by atoms with Crippen LogP contribution in [0.4, 0.5) is 5.69 Å². The lowest BCUT2D eigenvalue weighted by atomic mass is 10.2. The van der Waals surface area contributed by atoms with Gasteiger partial charge in [-0.25, -0.2) is 10.2 Å². The van der Waals surface area contributed by atoms with Crippen LogP contribution in [-0.2, 0) is 0 Å². The lowest BCUT2D eigenvalue weighted by Crippen LogP contribution is -2.20. The summed E-state index contributed by atoms with van der Waals surface area (Å²) >= 11 is 0. The van der Waals surface area contributed by atoms with Crippen molar-refractivity contribution in [2.24, 2.45) is 0 Å². The Hall–Kier alpha value is -1.55. The Bertz CT molecular complexity index is 282. The summed E-state index contributed by atoms with van der Waals surface area (Å²) in [7, 11) is 0. The van der Waals surface area contributed by atoms with Crippen LogP contribution in [0.2, 0.25) is 0 Å². The average Bonchev–Trinajstić information content (AvgIpc) is 2.15. The van der Waals surface area contributed by atoms with Crippen LogP contribution in [0.15, 0.2) is 24.3 Å². The van der Waals surface area contributed by atoms with Crippen molar-refractivity contribution < 1.29 is 9.90 Å². The molecule has 70 valence electrons. The van der Waals surface area contributed by atoms with Crippen LogP contribution in [-0.4, -0.2) is 17.6 Å². The van der Waals surface area contributed by atoms with E-state index in [1.165, 1.54) is 0 Å². The van der Waals surface area contributed by atoms with E-state index in [1.807, 2.05) is 6.92 Å². The van der Waals surface area contributed by atoms with Crippen molar-refractivity contribution in [2.45, 2.75) is 6.92 Å². The Morgan fingerprint density at radius 2 is 2.00 bits per heavy atom. The first-order valence-electron chi connectivity index (χ1n) is 4.06. The molecule has 4 nitrogen and oxygen atoms in total. The van der Waals surface area contributed by atoms with Crippen molar-refractivity contribution in [2.75, 3.05) is 12.0 Å². The van der Waals surface area contributed by atoms with E-state index >= 15 is 0 Å². The first-order valence-corrected chi connectivity index (χ1v) is 4.06. The molecule has 0 bridgehead atoms. The fourth-order valence-corrected chi connectivity index (χ4v) is 0.887. The summed E-state index contributed by atoms with van der Waals surface area (Å²) in [5.41, 5.74) is 6.98. The number of rotatable bonds is 4. The summed E-state index contributed by atoms with van der Waals surface area (Å²) in [6, 6.07) is 6.54. The molecule has 4 heteroatoms. The van der Waals surface area contributed by atoms with Gasteiger partial charge in [-0.3, -0.25) is 0 Å². The molecule has 0 radical (unpaired) electrons. The maximum absolute atomic E-state index is 10.5. The second-order valence-electron chi connectivity index (χ2n) is 2.54. The number of hydrazine groups is 1. The fourth-order valence-electron chi connectivity index (χ4n) is 0.887. The molecule has 0 spiro atoms. The van der Waals surface area contributed by atoms with Gasteiger partial charge in [0.25, 0.3) is 0 Å². The van der Waals surface area contributed by atoms with Crippen molar-refractivity contribution in [3.05, 3.63) is 29.8 Å². The van der Waals surface area contributed by atoms with Gasteiger partial charge in [0, 0.05) is 12.2 Å². The normalized spacial score (nSPS) is 9.62. The summed E-state index contributed by atoms with van der Waals surface area (Å²) in [5.74, 6) is -0.907. The number of hydrogen-bond donors (Lipinski definition) is 3. The van der Waals surface area contributed by atoms with Crippen LogP contribution in [0.1, 0.15) is 17.3 Å². The number of carbonyl (C=O) groups is 1. The first-order chi connectivity index (χ1) is 6.24. The highest BCUT2D eigenvalue weighted by Gasteiger charge is 2.00. The highest BCUT2D eigenvalue weighted by Crippen LogP contribution is 2.07. The Labute approximate surface area is 76.6 Å². The first kappa shape index (κ1) is 9.54. The minimum absolute atomic E-state index is 0.294. The number of hydrogen-bond acceptors (Lipinski definition) is 3. The van der Waals surface area contributed by atoms with Gasteiger partial charge < -0.3 is 10.5 Å². The van der Waals surface area contributed by atoms with Gasteiger partial charge in [-0.2, -0.15) is 0 Å². The standard InChI is InChI=1S/C9H12N2O2/c1-2-10-11-8-5-3-7(4-6-8)9(12)13/h3-6,10-11H,2H2,1H3,(H,12,13). The van der Waals surface area contributed by atoms with Crippen molar-refractivity contribution in [1.29, 1.82) is 0 Å². The van der Waals surface area contributed by atoms with Crippen LogP contribution < -0.4 is 10.9 Å². The Balaban J connectivity index is 2.64. The van der Waals surface area contributed by atoms with Gasteiger partial charge in [0.1, 0.15) is 0 Å². The van der Waals surface area contributed by atoms with Crippen LogP contribution in [0, 0.1) is 0 Å². The van der Waals surface area contributed by atoms with Gasteiger partial charge in [0.05, 0.1) is 5.56 Å². The van der Waals surface area contributed by atoms with Gasteiger partial charge in [0.15, 0.2) is 0 Å². The molecule has 1 aromatic carbocycles. The molecule has 13 heavy (non-hydrogen) atoms. The van der Waals surface area contributed by atoms with Gasteiger partial charge >= 0.3 is 5.97 Å². The largest absolute Gasteiger partial charge is 0.478 e. The monoisotopic (exact) mass is 180 g/mol. The summed E-state index contributed by atoms with van der Waals surface area (Å²) < 4.78 is 0. The fraction of sp³-hybridized carbons (Fsp3) is 0.222. The zero-order valence-electron chi connectivity index (χ0n) is 7.37. The highest BCUT2D eigenvalue weighted by atomic mass is 16.4. The maximum atomic E-state index is 10.5. The number of carboxylic acids is 1. The summed E-state index contributed by atoms with van der Waals surface area (Å²) in [4.78, 5) is 10.5. The molecular weight excluding hydrogens is 168 g/mol. The average molecular weight is 180 g/mol. The van der Waals surface area contributed by atoms with Crippen LogP contribution in [0.25, 0.3) is 0 Å². The molecule has 0 aromatic heterocycles. The molecule has 0 saturated heterocycles. The zero-order chi connectivity index (χ0) is 9.68. The van der Waals surface area contributed by atoms with Gasteiger partial charge in [-0.05, 0) is 24.3 Å². The van der Waals surface area contributed by atoms with Gasteiger partial charge in [-0.15, -0.1) is 0 Å². The molecule has 0 aliphatic heterocycles. The summed E-state index contributed by atoms with van der Waals surface area (Å²) in [6.07, 6.45) is 0. The van der Waals surface area contributed by atoms with E-state index in [4.69, 9.17) is 5.11 Å². The van der Waals surface area contributed by atoms with E-state index in [0.29, 0.717) is 5.56 Å². The minimum Gasteiger partial charge on any atom is -0.478 e. The third kappa shape index (κ3) is 2.76. The zero-order valence-corrected chi connectivity index (χ0v) is 7.37. The van der Waals surface area contributed by atoms with E-state index in [-0.39, 0.29) is 0 Å². The Kier molecular flexibility index (Phi) is 3.28. The molecule has 0 atom stereocenters. The van der Waals surface area contributed by atoms with E-state index in [1.54, 1.807) is 24.3 Å². The van der Waals surface area contributed by atoms with Crippen LogP contribution in [0.5, 0.6) is 0 Å². The third-order valence-electron chi connectivity index (χ3n) is 1.54. The predicted molar refractivity (Wildman–Crippen MR) is 50.7 cm³/mol. The minimum atomic E-state index is -0.907. The highest BCUT2D eigenvalue weighted by molar-refractivity contribution is 5.87. The summed E-state index contributed by atoms with van der Waals surface area (Å²) in [5, 5.41) is 8.62. The molecule has 1 rings (SSSR count). The lowest BCUT2D eigenvalue weighted by Gasteiger charge is -2.05. The SMILES string of the molecule is CCNNc1ccc(C(=O)O)cc1. The lowest BCUT2D eigenvalue weighted by molar-refractivity contribution is 0.0697. The third-order valence-corrected chi connectivity index (χ3v) is 1.54. The van der Waals surface area contributed by atoms with E-state index < -0.39 is 5.97 Å². The van der Waals surface area contributed by atoms with Crippen LogP contribution in [0.3, 0.4) is 0 Å².